The summed E-state index contributed by atoms with van der Waals surface area (Å²) in [4.78, 5) is 42.9. The SMILES string of the molecule is CN1C(=O)C2C3Oc4ccccc4OC3=C3C(Oc4ccccc4N3C(=O)Oc3ccccc3)C2C1=O. The van der Waals surface area contributed by atoms with Gasteiger partial charge in [0.15, 0.2) is 29.5 Å². The van der Waals surface area contributed by atoms with E-state index in [1.165, 1.54) is 11.9 Å². The lowest BCUT2D eigenvalue weighted by Gasteiger charge is -2.46. The average Bonchev–Trinajstić information content (AvgIpc) is 3.15. The Balaban J connectivity index is 1.45. The number of fused-ring (bicyclic) bond motifs is 7. The van der Waals surface area contributed by atoms with E-state index in [1.807, 2.05) is 6.07 Å². The van der Waals surface area contributed by atoms with Gasteiger partial charge in [-0.25, -0.2) is 9.69 Å². The molecule has 0 saturated carbocycles. The van der Waals surface area contributed by atoms with Crippen LogP contribution in [0.2, 0.25) is 0 Å². The number of amides is 3. The lowest BCUT2D eigenvalue weighted by Crippen LogP contribution is -2.57. The number of hydrogen-bond acceptors (Lipinski definition) is 7. The van der Waals surface area contributed by atoms with Crippen LogP contribution in [0.4, 0.5) is 10.5 Å². The topological polar surface area (TPSA) is 94.6 Å². The first-order valence-corrected chi connectivity index (χ1v) is 11.8. The molecule has 3 aliphatic heterocycles. The third-order valence-electron chi connectivity index (χ3n) is 7.11. The number of ether oxygens (including phenoxy) is 4. The highest BCUT2D eigenvalue weighted by molar-refractivity contribution is 6.07. The van der Waals surface area contributed by atoms with Crippen LogP contribution >= 0.6 is 0 Å². The Bertz CT molecular complexity index is 1500. The Hall–Kier alpha value is -4.79. The predicted octanol–water partition coefficient (Wildman–Crippen LogP) is 3.75. The number of likely N-dealkylation sites (tertiary alicyclic amines) is 1. The first-order chi connectivity index (χ1) is 18.0. The van der Waals surface area contributed by atoms with Crippen molar-refractivity contribution in [1.82, 2.24) is 4.90 Å². The van der Waals surface area contributed by atoms with Crippen LogP contribution in [0.25, 0.3) is 0 Å². The molecular formula is C28H20N2O7. The molecule has 3 aromatic rings. The van der Waals surface area contributed by atoms with E-state index in [4.69, 9.17) is 18.9 Å². The fourth-order valence-electron chi connectivity index (χ4n) is 5.45. The zero-order valence-electron chi connectivity index (χ0n) is 19.6. The number of para-hydroxylation sites is 5. The second-order valence-corrected chi connectivity index (χ2v) is 9.15. The van der Waals surface area contributed by atoms with Gasteiger partial charge in [0.2, 0.25) is 11.8 Å². The van der Waals surface area contributed by atoms with Crippen molar-refractivity contribution in [3.8, 4) is 23.0 Å². The number of carbonyl (C=O) groups is 3. The summed E-state index contributed by atoms with van der Waals surface area (Å²) >= 11 is 0. The molecule has 1 aliphatic carbocycles. The normalized spacial score (nSPS) is 25.0. The summed E-state index contributed by atoms with van der Waals surface area (Å²) in [5.74, 6) is -0.760. The van der Waals surface area contributed by atoms with Crippen LogP contribution in [0.1, 0.15) is 0 Å². The largest absolute Gasteiger partial charge is 0.481 e. The molecule has 0 bridgehead atoms. The van der Waals surface area contributed by atoms with Gasteiger partial charge in [-0.2, -0.15) is 0 Å². The second kappa shape index (κ2) is 7.86. The third kappa shape index (κ3) is 3.07. The van der Waals surface area contributed by atoms with Crippen molar-refractivity contribution in [2.75, 3.05) is 11.9 Å². The molecule has 0 spiro atoms. The maximum absolute atomic E-state index is 13.8. The van der Waals surface area contributed by atoms with E-state index in [2.05, 4.69) is 0 Å². The fraction of sp³-hybridized carbons (Fsp3) is 0.179. The van der Waals surface area contributed by atoms with E-state index in [9.17, 15) is 14.4 Å². The minimum atomic E-state index is -0.982. The van der Waals surface area contributed by atoms with Crippen LogP contribution in [0.3, 0.4) is 0 Å². The number of anilines is 1. The van der Waals surface area contributed by atoms with Gasteiger partial charge in [-0.15, -0.1) is 0 Å². The summed E-state index contributed by atoms with van der Waals surface area (Å²) < 4.78 is 24.7. The molecule has 3 amide bonds. The lowest BCUT2D eigenvalue weighted by atomic mass is 9.76. The standard InChI is InChI=1S/C28H20N2O7/c1-29-26(31)20-21(27(29)32)24-25(37-19-14-8-7-13-18(19)36-24)22-23(20)35-17-12-6-5-11-16(17)30(22)28(33)34-15-9-3-2-4-10-15/h2-14,20-21,23-24H,1H3. The van der Waals surface area contributed by atoms with Gasteiger partial charge in [0.1, 0.15) is 17.2 Å². The average molecular weight is 496 g/mol. The van der Waals surface area contributed by atoms with Gasteiger partial charge in [0.05, 0.1) is 17.5 Å². The zero-order valence-corrected chi connectivity index (χ0v) is 19.6. The Kier molecular flexibility index (Phi) is 4.56. The molecule has 4 atom stereocenters. The smallest absolute Gasteiger partial charge is 0.424 e. The van der Waals surface area contributed by atoms with Crippen molar-refractivity contribution in [2.24, 2.45) is 11.8 Å². The molecule has 3 heterocycles. The molecule has 0 aromatic heterocycles. The van der Waals surface area contributed by atoms with Gasteiger partial charge in [-0.1, -0.05) is 42.5 Å². The Morgan fingerprint density at radius 1 is 0.757 bits per heavy atom. The number of rotatable bonds is 1. The van der Waals surface area contributed by atoms with Gasteiger partial charge >= 0.3 is 6.09 Å². The zero-order chi connectivity index (χ0) is 25.3. The monoisotopic (exact) mass is 496 g/mol. The summed E-state index contributed by atoms with van der Waals surface area (Å²) in [7, 11) is 1.44. The molecule has 7 rings (SSSR count). The van der Waals surface area contributed by atoms with E-state index in [0.717, 1.165) is 4.90 Å². The van der Waals surface area contributed by atoms with Gasteiger partial charge in [0, 0.05) is 7.05 Å². The number of imide groups is 1. The summed E-state index contributed by atoms with van der Waals surface area (Å²) in [6.45, 7) is 0. The van der Waals surface area contributed by atoms with Crippen molar-refractivity contribution < 1.29 is 33.3 Å². The Morgan fingerprint density at radius 2 is 1.35 bits per heavy atom. The minimum Gasteiger partial charge on any atom is -0.481 e. The molecule has 4 unspecified atom stereocenters. The van der Waals surface area contributed by atoms with Crippen LogP contribution in [0.15, 0.2) is 90.3 Å². The number of carbonyl (C=O) groups excluding carboxylic acids is 3. The third-order valence-corrected chi connectivity index (χ3v) is 7.11. The van der Waals surface area contributed by atoms with Gasteiger partial charge in [-0.3, -0.25) is 14.5 Å². The molecule has 3 aromatic carbocycles. The highest BCUT2D eigenvalue weighted by Crippen LogP contribution is 2.52. The summed E-state index contributed by atoms with van der Waals surface area (Å²) in [5.41, 5.74) is 0.698. The summed E-state index contributed by atoms with van der Waals surface area (Å²) in [6.07, 6.45) is -2.63. The van der Waals surface area contributed by atoms with Gasteiger partial charge < -0.3 is 18.9 Å². The van der Waals surface area contributed by atoms with Crippen molar-refractivity contribution in [3.63, 3.8) is 0 Å². The Labute approximate surface area is 211 Å². The van der Waals surface area contributed by atoms with E-state index in [1.54, 1.807) is 72.8 Å². The van der Waals surface area contributed by atoms with E-state index < -0.39 is 36.0 Å². The van der Waals surface area contributed by atoms with Gasteiger partial charge in [0.25, 0.3) is 0 Å². The van der Waals surface area contributed by atoms with Crippen LogP contribution in [0.5, 0.6) is 23.0 Å². The van der Waals surface area contributed by atoms with Crippen LogP contribution in [-0.4, -0.2) is 42.1 Å². The van der Waals surface area contributed by atoms with Crippen LogP contribution in [-0.2, 0) is 9.59 Å². The number of hydrogen-bond donors (Lipinski definition) is 0. The molecule has 9 heteroatoms. The van der Waals surface area contributed by atoms with Crippen molar-refractivity contribution >= 4 is 23.6 Å². The van der Waals surface area contributed by atoms with Crippen molar-refractivity contribution in [1.29, 1.82) is 0 Å². The van der Waals surface area contributed by atoms with Gasteiger partial charge in [-0.05, 0) is 36.4 Å². The highest BCUT2D eigenvalue weighted by atomic mass is 16.6. The number of nitrogens with zero attached hydrogens (tertiary/aromatic N) is 2. The molecule has 184 valence electrons. The molecule has 4 aliphatic rings. The lowest BCUT2D eigenvalue weighted by molar-refractivity contribution is -0.138. The maximum atomic E-state index is 13.8. The van der Waals surface area contributed by atoms with Crippen molar-refractivity contribution in [3.05, 3.63) is 90.3 Å². The molecular weight excluding hydrogens is 476 g/mol. The number of benzene rings is 3. The Morgan fingerprint density at radius 3 is 2.11 bits per heavy atom. The molecule has 1 saturated heterocycles. The first kappa shape index (κ1) is 21.5. The van der Waals surface area contributed by atoms with Crippen molar-refractivity contribution in [2.45, 2.75) is 12.2 Å². The fourth-order valence-corrected chi connectivity index (χ4v) is 5.45. The minimum absolute atomic E-state index is 0.237. The summed E-state index contributed by atoms with van der Waals surface area (Å²) in [6, 6.07) is 22.7. The van der Waals surface area contributed by atoms with Crippen LogP contribution in [0, 0.1) is 11.8 Å². The second-order valence-electron chi connectivity index (χ2n) is 9.15. The highest BCUT2D eigenvalue weighted by Gasteiger charge is 2.64. The summed E-state index contributed by atoms with van der Waals surface area (Å²) in [5, 5.41) is 0. The molecule has 9 nitrogen and oxygen atoms in total. The molecule has 1 fully saturated rings. The predicted molar refractivity (Wildman–Crippen MR) is 129 cm³/mol. The van der Waals surface area contributed by atoms with E-state index >= 15 is 0 Å². The quantitative estimate of drug-likeness (QED) is 0.474. The molecule has 37 heavy (non-hydrogen) atoms. The van der Waals surface area contributed by atoms with E-state index in [-0.39, 0.29) is 17.4 Å². The van der Waals surface area contributed by atoms with E-state index in [0.29, 0.717) is 28.7 Å². The first-order valence-electron chi connectivity index (χ1n) is 11.8. The molecule has 0 radical (unpaired) electrons. The molecule has 0 N–H and O–H groups in total. The van der Waals surface area contributed by atoms with Crippen LogP contribution < -0.4 is 23.8 Å². The maximum Gasteiger partial charge on any atom is 0.424 e.